The highest BCUT2D eigenvalue weighted by Crippen LogP contribution is 2.60. The molecule has 1 nitrogen and oxygen atoms in total. The molecule has 6 aromatic rings. The summed E-state index contributed by atoms with van der Waals surface area (Å²) in [5.41, 5.74) is 18.1. The van der Waals surface area contributed by atoms with Gasteiger partial charge in [-0.3, -0.25) is 4.79 Å². The SMILES string of the molecule is C#C/C=C1/C2=C(c3ccccc3)C(=O)C(c3ccccc3)=C2c2ccc3c(c21)Cc1c-3c(-c2ccccc2)c2ccccc2c1C(/C=C\C=C)=C/C. The Kier molecular flexibility index (Phi) is 7.53. The minimum Gasteiger partial charge on any atom is -0.289 e. The van der Waals surface area contributed by atoms with Gasteiger partial charge >= 0.3 is 0 Å². The van der Waals surface area contributed by atoms with Crippen molar-refractivity contribution < 1.29 is 4.79 Å². The third kappa shape index (κ3) is 4.55. The second-order valence-electron chi connectivity index (χ2n) is 13.3. The van der Waals surface area contributed by atoms with Crippen molar-refractivity contribution in [2.24, 2.45) is 0 Å². The molecule has 52 heavy (non-hydrogen) atoms. The van der Waals surface area contributed by atoms with E-state index in [4.69, 9.17) is 6.42 Å². The van der Waals surface area contributed by atoms with Gasteiger partial charge in [-0.1, -0.05) is 164 Å². The largest absolute Gasteiger partial charge is 0.289 e. The summed E-state index contributed by atoms with van der Waals surface area (Å²) in [6.07, 6.45) is 17.0. The first-order valence-electron chi connectivity index (χ1n) is 17.7. The second-order valence-corrected chi connectivity index (χ2v) is 13.3. The predicted octanol–water partition coefficient (Wildman–Crippen LogP) is 12.2. The summed E-state index contributed by atoms with van der Waals surface area (Å²) in [5, 5.41) is 2.43. The van der Waals surface area contributed by atoms with Gasteiger partial charge in [0, 0.05) is 22.3 Å². The monoisotopic (exact) mass is 662 g/mol. The molecule has 0 radical (unpaired) electrons. The van der Waals surface area contributed by atoms with Crippen LogP contribution in [0.5, 0.6) is 0 Å². The van der Waals surface area contributed by atoms with Gasteiger partial charge in [-0.2, -0.15) is 0 Å². The summed E-state index contributed by atoms with van der Waals surface area (Å²) in [4.78, 5) is 14.7. The minimum atomic E-state index is 0.0337. The number of carbonyl (C=O) groups excluding carboxylic acids is 1. The highest BCUT2D eigenvalue weighted by molar-refractivity contribution is 6.55. The zero-order valence-electron chi connectivity index (χ0n) is 28.9. The summed E-state index contributed by atoms with van der Waals surface area (Å²) in [6, 6.07) is 44.2. The van der Waals surface area contributed by atoms with Gasteiger partial charge in [-0.05, 0) is 103 Å². The van der Waals surface area contributed by atoms with E-state index in [9.17, 15) is 4.79 Å². The van der Waals surface area contributed by atoms with Crippen molar-refractivity contribution >= 4 is 44.4 Å². The Morgan fingerprint density at radius 2 is 1.21 bits per heavy atom. The van der Waals surface area contributed by atoms with Crippen LogP contribution in [0, 0.1) is 12.3 Å². The van der Waals surface area contributed by atoms with Crippen LogP contribution in [0.15, 0.2) is 170 Å². The van der Waals surface area contributed by atoms with Crippen molar-refractivity contribution in [3.63, 3.8) is 0 Å². The first-order chi connectivity index (χ1) is 25.7. The van der Waals surface area contributed by atoms with E-state index in [1.807, 2.05) is 78.9 Å². The van der Waals surface area contributed by atoms with Crippen molar-refractivity contribution in [3.05, 3.63) is 209 Å². The molecule has 9 rings (SSSR count). The average Bonchev–Trinajstić information content (AvgIpc) is 3.82. The fourth-order valence-electron chi connectivity index (χ4n) is 8.71. The van der Waals surface area contributed by atoms with Crippen LogP contribution in [0.1, 0.15) is 45.9 Å². The number of hydrogen-bond acceptors (Lipinski definition) is 1. The molecule has 244 valence electrons. The molecule has 0 saturated heterocycles. The van der Waals surface area contributed by atoms with Crippen LogP contribution in [0.25, 0.3) is 60.9 Å². The number of terminal acetylenes is 1. The Hall–Kier alpha value is -6.75. The van der Waals surface area contributed by atoms with Gasteiger partial charge in [-0.25, -0.2) is 0 Å². The first kappa shape index (κ1) is 31.2. The molecular formula is C51H34O. The molecule has 0 N–H and O–H groups in total. The molecule has 0 unspecified atom stereocenters. The molecule has 0 spiro atoms. The van der Waals surface area contributed by atoms with Crippen LogP contribution in [0.3, 0.4) is 0 Å². The van der Waals surface area contributed by atoms with Crippen molar-refractivity contribution in [2.45, 2.75) is 13.3 Å². The van der Waals surface area contributed by atoms with E-state index >= 15 is 0 Å². The van der Waals surface area contributed by atoms with Gasteiger partial charge in [0.15, 0.2) is 5.78 Å². The Labute approximate surface area is 305 Å². The molecule has 3 aliphatic rings. The van der Waals surface area contributed by atoms with Crippen LogP contribution in [-0.2, 0) is 11.2 Å². The van der Waals surface area contributed by atoms with Crippen LogP contribution in [-0.4, -0.2) is 5.78 Å². The summed E-state index contributed by atoms with van der Waals surface area (Å²) < 4.78 is 0. The molecule has 0 atom stereocenters. The van der Waals surface area contributed by atoms with Crippen molar-refractivity contribution in [2.75, 3.05) is 0 Å². The molecule has 0 aromatic heterocycles. The quantitative estimate of drug-likeness (QED) is 0.128. The fraction of sp³-hybridized carbons (Fsp3) is 0.0392. The zero-order chi connectivity index (χ0) is 35.3. The van der Waals surface area contributed by atoms with E-state index in [0.29, 0.717) is 5.57 Å². The van der Waals surface area contributed by atoms with Gasteiger partial charge in [0.25, 0.3) is 0 Å². The second kappa shape index (κ2) is 12.5. The molecule has 0 heterocycles. The first-order valence-corrected chi connectivity index (χ1v) is 17.7. The number of fused-ring (bicyclic) bond motifs is 8. The molecular weight excluding hydrogens is 629 g/mol. The number of benzene rings is 6. The molecule has 0 fully saturated rings. The molecule has 0 aliphatic heterocycles. The Bertz CT molecular complexity index is 2700. The number of Topliss-reactive ketones (excluding diaryl/α,β-unsaturated/α-hetero) is 1. The number of ketones is 1. The number of hydrogen-bond donors (Lipinski definition) is 0. The van der Waals surface area contributed by atoms with E-state index in [1.54, 1.807) is 0 Å². The molecule has 6 aromatic carbocycles. The Morgan fingerprint density at radius 3 is 1.83 bits per heavy atom. The lowest BCUT2D eigenvalue weighted by atomic mass is 9.83. The average molecular weight is 663 g/mol. The van der Waals surface area contributed by atoms with Crippen molar-refractivity contribution in [3.8, 4) is 34.6 Å². The van der Waals surface area contributed by atoms with Crippen molar-refractivity contribution in [1.82, 2.24) is 0 Å². The number of rotatable bonds is 6. The minimum absolute atomic E-state index is 0.0337. The van der Waals surface area contributed by atoms with Crippen LogP contribution in [0.4, 0.5) is 0 Å². The third-order valence-electron chi connectivity index (χ3n) is 10.7. The highest BCUT2D eigenvalue weighted by Gasteiger charge is 2.44. The Balaban J connectivity index is 1.41. The molecule has 0 saturated carbocycles. The standard InChI is InChI=1S/C51H34O/c1-4-7-20-32(6-3)43-36-27-17-18-28-37(36)44(33-21-11-8-12-22-33)48-38-29-30-40-47(41(38)31-42(43)48)39(19-5-2)49-45(34-23-13-9-14-24-34)51(52)46(50(40)49)35-25-15-10-16-26-35/h2,4,6-30H,1,31H2,3H3/b20-7-,32-6+,39-19+. The molecule has 1 heteroatoms. The van der Waals surface area contributed by atoms with Gasteiger partial charge in [0.1, 0.15) is 0 Å². The lowest BCUT2D eigenvalue weighted by Gasteiger charge is -2.20. The third-order valence-corrected chi connectivity index (χ3v) is 10.7. The number of carbonyl (C=O) groups is 1. The van der Waals surface area contributed by atoms with E-state index in [2.05, 4.69) is 98.3 Å². The van der Waals surface area contributed by atoms with Crippen molar-refractivity contribution in [1.29, 1.82) is 0 Å². The summed E-state index contributed by atoms with van der Waals surface area (Å²) >= 11 is 0. The van der Waals surface area contributed by atoms with Gasteiger partial charge in [0.05, 0.1) is 0 Å². The van der Waals surface area contributed by atoms with Gasteiger partial charge in [-0.15, -0.1) is 6.42 Å². The maximum absolute atomic E-state index is 14.7. The smallest absolute Gasteiger partial charge is 0.195 e. The molecule has 0 amide bonds. The van der Waals surface area contributed by atoms with E-state index in [0.717, 1.165) is 56.5 Å². The van der Waals surface area contributed by atoms with E-state index in [-0.39, 0.29) is 5.78 Å². The normalized spacial score (nSPS) is 15.3. The maximum atomic E-state index is 14.7. The van der Waals surface area contributed by atoms with Gasteiger partial charge < -0.3 is 0 Å². The highest BCUT2D eigenvalue weighted by atomic mass is 16.1. The maximum Gasteiger partial charge on any atom is 0.195 e. The summed E-state index contributed by atoms with van der Waals surface area (Å²) in [6.45, 7) is 6.07. The summed E-state index contributed by atoms with van der Waals surface area (Å²) in [7, 11) is 0. The molecule has 3 aliphatic carbocycles. The van der Waals surface area contributed by atoms with Gasteiger partial charge in [0.2, 0.25) is 0 Å². The fourth-order valence-corrected chi connectivity index (χ4v) is 8.71. The lowest BCUT2D eigenvalue weighted by molar-refractivity contribution is -0.108. The predicted molar refractivity (Wildman–Crippen MR) is 219 cm³/mol. The topological polar surface area (TPSA) is 17.1 Å². The number of allylic oxidation sites excluding steroid dienone is 11. The Morgan fingerprint density at radius 1 is 0.635 bits per heavy atom. The van der Waals surface area contributed by atoms with E-state index < -0.39 is 0 Å². The van der Waals surface area contributed by atoms with E-state index in [1.165, 1.54) is 49.7 Å². The van der Waals surface area contributed by atoms with Crippen LogP contribution >= 0.6 is 0 Å². The summed E-state index contributed by atoms with van der Waals surface area (Å²) in [5.74, 6) is 2.92. The zero-order valence-corrected chi connectivity index (χ0v) is 28.9. The lowest BCUT2D eigenvalue weighted by Crippen LogP contribution is -2.03. The van der Waals surface area contributed by atoms with Crippen LogP contribution < -0.4 is 0 Å². The van der Waals surface area contributed by atoms with Crippen LogP contribution in [0.2, 0.25) is 0 Å². The molecule has 0 bridgehead atoms.